The van der Waals surface area contributed by atoms with Gasteiger partial charge in [-0.2, -0.15) is 0 Å². The SMILES string of the molecule is COc1ccc(C2C[C@H]2C(=O)O)cc1. The van der Waals surface area contributed by atoms with Gasteiger partial charge in [-0.1, -0.05) is 12.1 Å². The summed E-state index contributed by atoms with van der Waals surface area (Å²) in [6.45, 7) is 0. The Bertz CT molecular complexity index is 342. The van der Waals surface area contributed by atoms with Crippen molar-refractivity contribution in [2.75, 3.05) is 7.11 Å². The highest BCUT2D eigenvalue weighted by atomic mass is 16.5. The Morgan fingerprint density at radius 3 is 2.50 bits per heavy atom. The van der Waals surface area contributed by atoms with Crippen LogP contribution in [0.1, 0.15) is 17.9 Å². The van der Waals surface area contributed by atoms with E-state index in [0.29, 0.717) is 0 Å². The summed E-state index contributed by atoms with van der Waals surface area (Å²) in [7, 11) is 1.62. The van der Waals surface area contributed by atoms with Crippen LogP contribution < -0.4 is 4.74 Å². The van der Waals surface area contributed by atoms with Crippen molar-refractivity contribution in [3.05, 3.63) is 29.8 Å². The minimum Gasteiger partial charge on any atom is -0.497 e. The van der Waals surface area contributed by atoms with E-state index in [2.05, 4.69) is 0 Å². The number of rotatable bonds is 3. The number of carbonyl (C=O) groups is 1. The van der Waals surface area contributed by atoms with E-state index < -0.39 is 5.97 Å². The fourth-order valence-corrected chi connectivity index (χ4v) is 1.69. The zero-order valence-electron chi connectivity index (χ0n) is 7.93. The highest BCUT2D eigenvalue weighted by molar-refractivity contribution is 5.75. The molecule has 3 nitrogen and oxygen atoms in total. The second-order valence-corrected chi connectivity index (χ2v) is 3.56. The molecule has 1 unspecified atom stereocenters. The second-order valence-electron chi connectivity index (χ2n) is 3.56. The molecule has 0 amide bonds. The van der Waals surface area contributed by atoms with Gasteiger partial charge in [-0.3, -0.25) is 4.79 Å². The van der Waals surface area contributed by atoms with E-state index in [1.807, 2.05) is 24.3 Å². The monoisotopic (exact) mass is 192 g/mol. The molecule has 3 heteroatoms. The van der Waals surface area contributed by atoms with Crippen molar-refractivity contribution in [2.45, 2.75) is 12.3 Å². The first-order valence-electron chi connectivity index (χ1n) is 4.59. The van der Waals surface area contributed by atoms with Gasteiger partial charge in [0.15, 0.2) is 0 Å². The zero-order chi connectivity index (χ0) is 10.1. The number of aliphatic carboxylic acids is 1. The van der Waals surface area contributed by atoms with Gasteiger partial charge in [0.2, 0.25) is 0 Å². The number of ether oxygens (including phenoxy) is 1. The Balaban J connectivity index is 2.08. The molecule has 0 saturated heterocycles. The fraction of sp³-hybridized carbons (Fsp3) is 0.364. The van der Waals surface area contributed by atoms with E-state index >= 15 is 0 Å². The van der Waals surface area contributed by atoms with Gasteiger partial charge in [0.05, 0.1) is 13.0 Å². The second kappa shape index (κ2) is 3.33. The molecule has 1 aromatic carbocycles. The van der Waals surface area contributed by atoms with E-state index in [-0.39, 0.29) is 11.8 Å². The summed E-state index contributed by atoms with van der Waals surface area (Å²) in [6.07, 6.45) is 0.766. The summed E-state index contributed by atoms with van der Waals surface area (Å²) < 4.78 is 5.03. The van der Waals surface area contributed by atoms with Crippen LogP contribution in [0, 0.1) is 5.92 Å². The van der Waals surface area contributed by atoms with Crippen LogP contribution in [0.2, 0.25) is 0 Å². The summed E-state index contributed by atoms with van der Waals surface area (Å²) in [5, 5.41) is 8.76. The molecule has 14 heavy (non-hydrogen) atoms. The number of benzene rings is 1. The Morgan fingerprint density at radius 1 is 1.43 bits per heavy atom. The topological polar surface area (TPSA) is 46.5 Å². The van der Waals surface area contributed by atoms with Crippen molar-refractivity contribution in [3.63, 3.8) is 0 Å². The van der Waals surface area contributed by atoms with E-state index in [9.17, 15) is 4.79 Å². The minimum atomic E-state index is -0.689. The van der Waals surface area contributed by atoms with Gasteiger partial charge in [0.25, 0.3) is 0 Å². The average Bonchev–Trinajstić information content (AvgIpc) is 2.97. The predicted molar refractivity (Wildman–Crippen MR) is 51.5 cm³/mol. The van der Waals surface area contributed by atoms with Crippen LogP contribution in [0.25, 0.3) is 0 Å². The Morgan fingerprint density at radius 2 is 2.07 bits per heavy atom. The number of carboxylic acids is 1. The number of methoxy groups -OCH3 is 1. The lowest BCUT2D eigenvalue weighted by Gasteiger charge is -2.01. The van der Waals surface area contributed by atoms with Crippen molar-refractivity contribution in [1.82, 2.24) is 0 Å². The Hall–Kier alpha value is -1.51. The van der Waals surface area contributed by atoms with Crippen molar-refractivity contribution in [2.24, 2.45) is 5.92 Å². The molecule has 1 saturated carbocycles. The molecular formula is C11H12O3. The summed E-state index contributed by atoms with van der Waals surface area (Å²) in [4.78, 5) is 10.6. The molecule has 0 spiro atoms. The van der Waals surface area contributed by atoms with Crippen LogP contribution in [0.5, 0.6) is 5.75 Å². The van der Waals surface area contributed by atoms with E-state index in [0.717, 1.165) is 17.7 Å². The molecule has 0 aliphatic heterocycles. The first-order valence-corrected chi connectivity index (χ1v) is 4.59. The lowest BCUT2D eigenvalue weighted by molar-refractivity contribution is -0.138. The molecule has 1 N–H and O–H groups in total. The Kier molecular flexibility index (Phi) is 2.15. The largest absolute Gasteiger partial charge is 0.497 e. The van der Waals surface area contributed by atoms with Gasteiger partial charge >= 0.3 is 5.97 Å². The van der Waals surface area contributed by atoms with Crippen LogP contribution in [0.15, 0.2) is 24.3 Å². The molecular weight excluding hydrogens is 180 g/mol. The van der Waals surface area contributed by atoms with Gasteiger partial charge in [0, 0.05) is 0 Å². The van der Waals surface area contributed by atoms with Crippen molar-refractivity contribution < 1.29 is 14.6 Å². The first kappa shape index (κ1) is 9.06. The van der Waals surface area contributed by atoms with Gasteiger partial charge < -0.3 is 9.84 Å². The normalized spacial score (nSPS) is 24.4. The average molecular weight is 192 g/mol. The van der Waals surface area contributed by atoms with E-state index in [1.54, 1.807) is 7.11 Å². The zero-order valence-corrected chi connectivity index (χ0v) is 7.93. The Labute approximate surface area is 82.3 Å². The lowest BCUT2D eigenvalue weighted by atomic mass is 10.1. The maximum Gasteiger partial charge on any atom is 0.307 e. The number of carboxylic acid groups (broad SMARTS) is 1. The van der Waals surface area contributed by atoms with Gasteiger partial charge in [-0.25, -0.2) is 0 Å². The summed E-state index contributed by atoms with van der Waals surface area (Å²) in [5.41, 5.74) is 1.10. The standard InChI is InChI=1S/C11H12O3/c1-14-8-4-2-7(3-5-8)9-6-10(9)11(12)13/h2-5,9-10H,6H2,1H3,(H,12,13)/t9?,10-/m1/s1. The van der Waals surface area contributed by atoms with Crippen LogP contribution >= 0.6 is 0 Å². The molecule has 0 bridgehead atoms. The number of hydrogen-bond donors (Lipinski definition) is 1. The quantitative estimate of drug-likeness (QED) is 0.795. The van der Waals surface area contributed by atoms with Crippen LogP contribution in [0.4, 0.5) is 0 Å². The predicted octanol–water partition coefficient (Wildman–Crippen LogP) is 1.88. The van der Waals surface area contributed by atoms with Crippen LogP contribution in [0.3, 0.4) is 0 Å². The molecule has 2 rings (SSSR count). The molecule has 1 aromatic rings. The third-order valence-electron chi connectivity index (χ3n) is 2.65. The third kappa shape index (κ3) is 1.58. The molecule has 1 fully saturated rings. The van der Waals surface area contributed by atoms with Gasteiger partial charge in [-0.05, 0) is 30.0 Å². The summed E-state index contributed by atoms with van der Waals surface area (Å²) in [5.74, 6) is 0.147. The third-order valence-corrected chi connectivity index (χ3v) is 2.65. The van der Waals surface area contributed by atoms with E-state index in [1.165, 1.54) is 0 Å². The molecule has 0 heterocycles. The maximum absolute atomic E-state index is 10.6. The van der Waals surface area contributed by atoms with Gasteiger partial charge in [0.1, 0.15) is 5.75 Å². The molecule has 1 aliphatic carbocycles. The molecule has 0 radical (unpaired) electrons. The van der Waals surface area contributed by atoms with Crippen molar-refractivity contribution in [1.29, 1.82) is 0 Å². The smallest absolute Gasteiger partial charge is 0.307 e. The highest BCUT2D eigenvalue weighted by Gasteiger charge is 2.43. The highest BCUT2D eigenvalue weighted by Crippen LogP contribution is 2.47. The maximum atomic E-state index is 10.6. The molecule has 74 valence electrons. The van der Waals surface area contributed by atoms with E-state index in [4.69, 9.17) is 9.84 Å². The van der Waals surface area contributed by atoms with Gasteiger partial charge in [-0.15, -0.1) is 0 Å². The molecule has 1 aliphatic rings. The fourth-order valence-electron chi connectivity index (χ4n) is 1.69. The van der Waals surface area contributed by atoms with Crippen LogP contribution in [-0.4, -0.2) is 18.2 Å². The van der Waals surface area contributed by atoms with Crippen LogP contribution in [-0.2, 0) is 4.79 Å². The van der Waals surface area contributed by atoms with Crippen molar-refractivity contribution in [3.8, 4) is 5.75 Å². The van der Waals surface area contributed by atoms with Crippen molar-refractivity contribution >= 4 is 5.97 Å². The first-order chi connectivity index (χ1) is 6.72. The summed E-state index contributed by atoms with van der Waals surface area (Å²) in [6, 6.07) is 7.61. The number of hydrogen-bond acceptors (Lipinski definition) is 2. The lowest BCUT2D eigenvalue weighted by Crippen LogP contribution is -1.98. The molecule has 2 atom stereocenters. The minimum absolute atomic E-state index is 0.177. The summed E-state index contributed by atoms with van der Waals surface area (Å²) >= 11 is 0. The molecule has 0 aromatic heterocycles.